The van der Waals surface area contributed by atoms with Gasteiger partial charge in [-0.05, 0) is 76.6 Å². The van der Waals surface area contributed by atoms with Gasteiger partial charge >= 0.3 is 0 Å². The molecule has 0 aliphatic rings. The van der Waals surface area contributed by atoms with Crippen LogP contribution in [0.25, 0.3) is 44.5 Å². The van der Waals surface area contributed by atoms with E-state index in [0.29, 0.717) is 82.0 Å². The number of hydrogen-bond donors (Lipinski definition) is 4. The highest BCUT2D eigenvalue weighted by Crippen LogP contribution is 2.36. The van der Waals surface area contributed by atoms with Gasteiger partial charge in [-0.15, -0.1) is 0 Å². The van der Waals surface area contributed by atoms with E-state index < -0.39 is 11.8 Å². The quantitative estimate of drug-likeness (QED) is 0.0847. The van der Waals surface area contributed by atoms with E-state index in [1.807, 2.05) is 66.7 Å². The van der Waals surface area contributed by atoms with Crippen LogP contribution in [0.2, 0.25) is 0 Å². The Hall–Kier alpha value is -6.88. The van der Waals surface area contributed by atoms with Crippen LogP contribution in [0.4, 0.5) is 5.95 Å². The molecule has 0 spiro atoms. The first-order valence-corrected chi connectivity index (χ1v) is 18.6. The number of carbonyl (C=O) groups excluding carboxylic acids is 3. The summed E-state index contributed by atoms with van der Waals surface area (Å²) in [6.45, 7) is 11.4. The van der Waals surface area contributed by atoms with Crippen LogP contribution in [-0.4, -0.2) is 79.7 Å². The standard InChI is InChI=1S/C40H44N12O5/c1-6-51-30(16-23(4)47-51)37-43-21-28-27-18-26(36(42)55)20-32(57-14-10-13-53)34(27)49(38(28)45-37)11-8-9-12-50-33-22(3)15-25(35(41)54)19-29(33)44-40(50)46-39(56)31-17-24(5)48-52(31)7-2/h8-9,15-21,53H,6-7,10-14H2,1-5H3,(H2,41,54)(H2,42,55)(H,44,46,56)/b9-8+. The van der Waals surface area contributed by atoms with Crippen molar-refractivity contribution in [2.45, 2.75) is 67.2 Å². The molecule has 17 heteroatoms. The predicted octanol–water partition coefficient (Wildman–Crippen LogP) is 4.43. The van der Waals surface area contributed by atoms with E-state index in [9.17, 15) is 19.5 Å². The number of primary amides is 2. The van der Waals surface area contributed by atoms with E-state index >= 15 is 0 Å². The van der Waals surface area contributed by atoms with Crippen LogP contribution in [-0.2, 0) is 26.2 Å². The Balaban J connectivity index is 1.33. The van der Waals surface area contributed by atoms with Gasteiger partial charge in [-0.25, -0.2) is 15.0 Å². The summed E-state index contributed by atoms with van der Waals surface area (Å²) in [4.78, 5) is 52.8. The van der Waals surface area contributed by atoms with Crippen LogP contribution in [0.3, 0.4) is 0 Å². The predicted molar refractivity (Wildman–Crippen MR) is 215 cm³/mol. The van der Waals surface area contributed by atoms with Crippen LogP contribution in [0, 0.1) is 20.8 Å². The summed E-state index contributed by atoms with van der Waals surface area (Å²) in [5.74, 6) is -0.418. The average molecular weight is 773 g/mol. The second-order valence-electron chi connectivity index (χ2n) is 13.7. The molecule has 294 valence electrons. The lowest BCUT2D eigenvalue weighted by molar-refractivity contribution is 0.0991. The van der Waals surface area contributed by atoms with Crippen molar-refractivity contribution < 1.29 is 24.2 Å². The van der Waals surface area contributed by atoms with Crippen molar-refractivity contribution in [2.75, 3.05) is 18.5 Å². The zero-order chi connectivity index (χ0) is 40.5. The number of nitrogens with one attached hydrogen (secondary N) is 1. The highest BCUT2D eigenvalue weighted by atomic mass is 16.5. The summed E-state index contributed by atoms with van der Waals surface area (Å²) in [6.07, 6.45) is 6.01. The molecular formula is C40H44N12O5. The van der Waals surface area contributed by atoms with Crippen LogP contribution < -0.4 is 21.5 Å². The normalized spacial score (nSPS) is 11.8. The number of nitrogens with two attached hydrogens (primary N) is 2. The van der Waals surface area contributed by atoms with E-state index in [1.165, 1.54) is 0 Å². The molecule has 0 bridgehead atoms. The monoisotopic (exact) mass is 772 g/mol. The Morgan fingerprint density at radius 2 is 1.51 bits per heavy atom. The lowest BCUT2D eigenvalue weighted by Gasteiger charge is -2.12. The smallest absolute Gasteiger partial charge is 0.276 e. The lowest BCUT2D eigenvalue weighted by Crippen LogP contribution is -2.20. The van der Waals surface area contributed by atoms with Crippen LogP contribution >= 0.6 is 0 Å². The van der Waals surface area contributed by atoms with Crippen LogP contribution in [0.1, 0.15) is 68.4 Å². The minimum atomic E-state index is -0.618. The third-order valence-corrected chi connectivity index (χ3v) is 9.65. The van der Waals surface area contributed by atoms with E-state index in [1.54, 1.807) is 41.2 Å². The molecule has 7 aromatic rings. The molecule has 0 saturated carbocycles. The highest BCUT2D eigenvalue weighted by molar-refractivity contribution is 6.12. The molecule has 5 aromatic heterocycles. The Bertz CT molecular complexity index is 2730. The molecular weight excluding hydrogens is 729 g/mol. The van der Waals surface area contributed by atoms with E-state index in [4.69, 9.17) is 31.2 Å². The van der Waals surface area contributed by atoms with Gasteiger partial charge in [0, 0.05) is 67.3 Å². The molecule has 5 heterocycles. The number of imidazole rings is 1. The molecule has 2 aromatic carbocycles. The largest absolute Gasteiger partial charge is 0.491 e. The molecule has 7 rings (SSSR count). The maximum atomic E-state index is 13.6. The Morgan fingerprint density at radius 3 is 2.21 bits per heavy atom. The zero-order valence-electron chi connectivity index (χ0n) is 32.4. The SMILES string of the molecule is CCn1nc(C)cc1C(=O)Nc1nc2cc(C(N)=O)cc(C)c2n1C/C=C/Cn1c2nc(-c3cc(C)nn3CC)ncc2c2cc(C(N)=O)cc(OCCCO)c21. The number of aromatic nitrogens is 9. The fraction of sp³-hybridized carbons (Fsp3) is 0.300. The van der Waals surface area contributed by atoms with E-state index in [2.05, 4.69) is 15.5 Å². The van der Waals surface area contributed by atoms with E-state index in [-0.39, 0.29) is 37.2 Å². The van der Waals surface area contributed by atoms with Gasteiger partial charge in [-0.2, -0.15) is 10.2 Å². The maximum Gasteiger partial charge on any atom is 0.276 e. The van der Waals surface area contributed by atoms with Crippen molar-refractivity contribution in [3.8, 4) is 17.3 Å². The molecule has 0 aliphatic heterocycles. The number of aryl methyl sites for hydroxylation is 5. The molecule has 57 heavy (non-hydrogen) atoms. The van der Waals surface area contributed by atoms with Crippen molar-refractivity contribution >= 4 is 56.6 Å². The third kappa shape index (κ3) is 7.31. The summed E-state index contributed by atoms with van der Waals surface area (Å²) in [7, 11) is 0. The molecule has 0 unspecified atom stereocenters. The molecule has 0 fully saturated rings. The fourth-order valence-electron chi connectivity index (χ4n) is 7.12. The number of aliphatic hydroxyl groups is 1. The van der Waals surface area contributed by atoms with Gasteiger partial charge in [-0.3, -0.25) is 29.1 Å². The van der Waals surface area contributed by atoms with Crippen LogP contribution in [0.5, 0.6) is 5.75 Å². The van der Waals surface area contributed by atoms with Gasteiger partial charge in [0.1, 0.15) is 22.8 Å². The van der Waals surface area contributed by atoms with Gasteiger partial charge in [0.2, 0.25) is 17.8 Å². The summed E-state index contributed by atoms with van der Waals surface area (Å²) in [6, 6.07) is 10.3. The summed E-state index contributed by atoms with van der Waals surface area (Å²) >= 11 is 0. The van der Waals surface area contributed by atoms with Crippen molar-refractivity contribution in [1.82, 2.24) is 43.6 Å². The second kappa shape index (κ2) is 15.7. The summed E-state index contributed by atoms with van der Waals surface area (Å²) < 4.78 is 13.5. The molecule has 17 nitrogen and oxygen atoms in total. The number of benzene rings is 2. The minimum Gasteiger partial charge on any atom is -0.491 e. The number of amides is 3. The Labute approximate surface area is 326 Å². The van der Waals surface area contributed by atoms with Gasteiger partial charge in [-0.1, -0.05) is 12.2 Å². The summed E-state index contributed by atoms with van der Waals surface area (Å²) in [5, 5.41) is 22.8. The van der Waals surface area contributed by atoms with Crippen molar-refractivity contribution in [3.05, 3.63) is 88.5 Å². The van der Waals surface area contributed by atoms with Crippen molar-refractivity contribution in [2.24, 2.45) is 11.5 Å². The topological polar surface area (TPSA) is 229 Å². The second-order valence-corrected chi connectivity index (χ2v) is 13.7. The fourth-order valence-corrected chi connectivity index (χ4v) is 7.12. The first-order valence-electron chi connectivity index (χ1n) is 18.6. The number of fused-ring (bicyclic) bond motifs is 4. The Morgan fingerprint density at radius 1 is 0.825 bits per heavy atom. The molecule has 6 N–H and O–H groups in total. The van der Waals surface area contributed by atoms with Crippen molar-refractivity contribution in [3.63, 3.8) is 0 Å². The van der Waals surface area contributed by atoms with Gasteiger partial charge < -0.3 is 30.4 Å². The van der Waals surface area contributed by atoms with Crippen LogP contribution in [0.15, 0.2) is 54.7 Å². The number of rotatable bonds is 15. The first-order chi connectivity index (χ1) is 27.4. The number of carbonyl (C=O) groups is 3. The molecule has 0 aliphatic carbocycles. The number of allylic oxidation sites excluding steroid dienone is 2. The van der Waals surface area contributed by atoms with Gasteiger partial charge in [0.05, 0.1) is 34.5 Å². The van der Waals surface area contributed by atoms with Gasteiger partial charge in [0.25, 0.3) is 5.91 Å². The zero-order valence-corrected chi connectivity index (χ0v) is 32.4. The molecule has 3 amide bonds. The number of ether oxygens (including phenoxy) is 1. The molecule has 0 saturated heterocycles. The average Bonchev–Trinajstić information content (AvgIpc) is 3.94. The number of aliphatic hydroxyl groups excluding tert-OH is 1. The maximum absolute atomic E-state index is 13.6. The molecule has 0 atom stereocenters. The van der Waals surface area contributed by atoms with Gasteiger partial charge in [0.15, 0.2) is 5.82 Å². The van der Waals surface area contributed by atoms with E-state index in [0.717, 1.165) is 22.5 Å². The minimum absolute atomic E-state index is 0.0691. The molecule has 0 radical (unpaired) electrons. The summed E-state index contributed by atoms with van der Waals surface area (Å²) in [5.41, 5.74) is 17.9. The number of anilines is 1. The number of hydrogen-bond acceptors (Lipinski definition) is 10. The Kier molecular flexibility index (Phi) is 10.6. The first kappa shape index (κ1) is 38.4. The highest BCUT2D eigenvalue weighted by Gasteiger charge is 2.23. The number of nitrogens with zero attached hydrogens (tertiary/aromatic N) is 9. The third-order valence-electron chi connectivity index (χ3n) is 9.65. The van der Waals surface area contributed by atoms with Crippen molar-refractivity contribution in [1.29, 1.82) is 0 Å². The lowest BCUT2D eigenvalue weighted by atomic mass is 10.1.